The molecule has 0 fully saturated rings. The number of aromatic nitrogens is 1. The molecule has 0 radical (unpaired) electrons. The Morgan fingerprint density at radius 1 is 1.12 bits per heavy atom. The number of hydrogen-bond donors (Lipinski definition) is 1. The Morgan fingerprint density at radius 3 is 2.62 bits per heavy atom. The van der Waals surface area contributed by atoms with Crippen LogP contribution >= 0.6 is 23.2 Å². The fourth-order valence-corrected chi connectivity index (χ4v) is 1.57. The lowest BCUT2D eigenvalue weighted by Crippen LogP contribution is -1.88. The smallest absolute Gasteiger partial charge is 0.146 e. The lowest BCUT2D eigenvalue weighted by molar-refractivity contribution is 0.482. The molecule has 0 aliphatic carbocycles. The molecule has 0 bridgehead atoms. The van der Waals surface area contributed by atoms with E-state index in [1.165, 1.54) is 0 Å². The van der Waals surface area contributed by atoms with Crippen LogP contribution in [-0.2, 0) is 0 Å². The summed E-state index contributed by atoms with van der Waals surface area (Å²) in [6, 6.07) is 8.34. The number of ether oxygens (including phenoxy) is 1. The van der Waals surface area contributed by atoms with Crippen LogP contribution in [0.5, 0.6) is 11.5 Å². The number of nitrogen functional groups attached to an aromatic ring is 1. The van der Waals surface area contributed by atoms with Crippen LogP contribution < -0.4 is 10.5 Å². The average Bonchev–Trinajstić information content (AvgIpc) is 2.22. The number of nitrogens with two attached hydrogens (primary N) is 1. The highest BCUT2D eigenvalue weighted by Gasteiger charge is 2.04. The average molecular weight is 255 g/mol. The molecule has 0 amide bonds. The van der Waals surface area contributed by atoms with Crippen LogP contribution in [0.3, 0.4) is 0 Å². The molecule has 16 heavy (non-hydrogen) atoms. The predicted octanol–water partition coefficient (Wildman–Crippen LogP) is 3.76. The van der Waals surface area contributed by atoms with E-state index in [1.54, 1.807) is 36.5 Å². The number of halogens is 2. The highest BCUT2D eigenvalue weighted by atomic mass is 35.5. The molecule has 2 N–H and O–H groups in total. The highest BCUT2D eigenvalue weighted by Crippen LogP contribution is 2.31. The van der Waals surface area contributed by atoms with E-state index in [0.717, 1.165) is 0 Å². The van der Waals surface area contributed by atoms with Crippen LogP contribution in [0.4, 0.5) is 5.69 Å². The fourth-order valence-electron chi connectivity index (χ4n) is 1.18. The van der Waals surface area contributed by atoms with Crippen LogP contribution in [0.2, 0.25) is 10.2 Å². The lowest BCUT2D eigenvalue weighted by Gasteiger charge is -2.07. The van der Waals surface area contributed by atoms with E-state index in [-0.39, 0.29) is 0 Å². The Balaban J connectivity index is 2.27. The standard InChI is InChI=1S/C11H8Cl2N2O/c12-9-5-7(14)1-2-10(9)16-8-3-4-15-11(13)6-8/h1-6H,14H2. The molecule has 0 aliphatic heterocycles. The summed E-state index contributed by atoms with van der Waals surface area (Å²) in [5.41, 5.74) is 6.16. The molecule has 3 nitrogen and oxygen atoms in total. The topological polar surface area (TPSA) is 48.1 Å². The van der Waals surface area contributed by atoms with Crippen molar-refractivity contribution in [3.8, 4) is 11.5 Å². The van der Waals surface area contributed by atoms with Crippen molar-refractivity contribution in [3.63, 3.8) is 0 Å². The largest absolute Gasteiger partial charge is 0.456 e. The zero-order chi connectivity index (χ0) is 11.5. The van der Waals surface area contributed by atoms with E-state index in [0.29, 0.717) is 27.4 Å². The number of pyridine rings is 1. The molecule has 1 aromatic heterocycles. The van der Waals surface area contributed by atoms with Gasteiger partial charge in [0.2, 0.25) is 0 Å². The molecule has 5 heteroatoms. The Labute approximate surface area is 103 Å². The first-order valence-corrected chi connectivity index (χ1v) is 5.25. The van der Waals surface area contributed by atoms with Gasteiger partial charge in [0, 0.05) is 18.0 Å². The van der Waals surface area contributed by atoms with Gasteiger partial charge in [-0.05, 0) is 24.3 Å². The summed E-state index contributed by atoms with van der Waals surface area (Å²) in [5.74, 6) is 1.10. The van der Waals surface area contributed by atoms with Crippen LogP contribution in [0.15, 0.2) is 36.5 Å². The fraction of sp³-hybridized carbons (Fsp3) is 0. The third-order valence-electron chi connectivity index (χ3n) is 1.88. The van der Waals surface area contributed by atoms with Crippen molar-refractivity contribution in [1.29, 1.82) is 0 Å². The molecular weight excluding hydrogens is 247 g/mol. The molecule has 2 aromatic rings. The summed E-state index contributed by atoms with van der Waals surface area (Å²) in [6.45, 7) is 0. The van der Waals surface area contributed by atoms with Crippen LogP contribution in [-0.4, -0.2) is 4.98 Å². The summed E-state index contributed by atoms with van der Waals surface area (Å²) >= 11 is 11.7. The van der Waals surface area contributed by atoms with Gasteiger partial charge in [-0.3, -0.25) is 0 Å². The molecule has 1 aromatic carbocycles. The maximum absolute atomic E-state index is 5.97. The van der Waals surface area contributed by atoms with Gasteiger partial charge in [0.1, 0.15) is 16.7 Å². The minimum absolute atomic E-state index is 0.365. The van der Waals surface area contributed by atoms with Crippen LogP contribution in [0.25, 0.3) is 0 Å². The maximum Gasteiger partial charge on any atom is 0.146 e. The third-order valence-corrected chi connectivity index (χ3v) is 2.38. The maximum atomic E-state index is 5.97. The summed E-state index contributed by atoms with van der Waals surface area (Å²) in [7, 11) is 0. The van der Waals surface area contributed by atoms with E-state index in [1.807, 2.05) is 0 Å². The molecule has 0 spiro atoms. The molecule has 0 saturated heterocycles. The Hall–Kier alpha value is -1.45. The molecule has 0 unspecified atom stereocenters. The summed E-state index contributed by atoms with van der Waals surface area (Å²) in [6.07, 6.45) is 1.56. The van der Waals surface area contributed by atoms with Crippen molar-refractivity contribution in [2.45, 2.75) is 0 Å². The molecule has 0 aliphatic rings. The second-order valence-corrected chi connectivity index (χ2v) is 3.90. The van der Waals surface area contributed by atoms with Gasteiger partial charge in [0.25, 0.3) is 0 Å². The molecular formula is C11H8Cl2N2O. The Kier molecular flexibility index (Phi) is 3.17. The molecule has 2 rings (SSSR count). The first-order chi connectivity index (χ1) is 7.65. The zero-order valence-corrected chi connectivity index (χ0v) is 9.66. The third kappa shape index (κ3) is 2.56. The summed E-state index contributed by atoms with van der Waals surface area (Å²) in [5, 5.41) is 0.817. The number of benzene rings is 1. The first kappa shape index (κ1) is 11.0. The van der Waals surface area contributed by atoms with Gasteiger partial charge in [0.15, 0.2) is 0 Å². The van der Waals surface area contributed by atoms with Gasteiger partial charge in [-0.2, -0.15) is 0 Å². The van der Waals surface area contributed by atoms with Gasteiger partial charge in [0.05, 0.1) is 5.02 Å². The van der Waals surface area contributed by atoms with Crippen molar-refractivity contribution in [2.75, 3.05) is 5.73 Å². The lowest BCUT2D eigenvalue weighted by atomic mass is 10.3. The van der Waals surface area contributed by atoms with E-state index >= 15 is 0 Å². The van der Waals surface area contributed by atoms with Crippen molar-refractivity contribution >= 4 is 28.9 Å². The van der Waals surface area contributed by atoms with Gasteiger partial charge in [-0.15, -0.1) is 0 Å². The molecule has 0 atom stereocenters. The molecule has 1 heterocycles. The van der Waals surface area contributed by atoms with E-state index in [2.05, 4.69) is 4.98 Å². The number of rotatable bonds is 2. The zero-order valence-electron chi connectivity index (χ0n) is 8.15. The van der Waals surface area contributed by atoms with Gasteiger partial charge >= 0.3 is 0 Å². The van der Waals surface area contributed by atoms with Gasteiger partial charge < -0.3 is 10.5 Å². The quantitative estimate of drug-likeness (QED) is 0.656. The van der Waals surface area contributed by atoms with E-state index in [9.17, 15) is 0 Å². The van der Waals surface area contributed by atoms with Crippen molar-refractivity contribution in [2.24, 2.45) is 0 Å². The minimum Gasteiger partial charge on any atom is -0.456 e. The highest BCUT2D eigenvalue weighted by molar-refractivity contribution is 6.32. The monoisotopic (exact) mass is 254 g/mol. The Morgan fingerprint density at radius 2 is 1.94 bits per heavy atom. The summed E-state index contributed by atoms with van der Waals surface area (Å²) < 4.78 is 5.53. The van der Waals surface area contributed by atoms with Crippen LogP contribution in [0, 0.1) is 0 Å². The predicted molar refractivity (Wildman–Crippen MR) is 65.2 cm³/mol. The number of nitrogens with zero attached hydrogens (tertiary/aromatic N) is 1. The Bertz CT molecular complexity index is 517. The minimum atomic E-state index is 0.365. The van der Waals surface area contributed by atoms with E-state index in [4.69, 9.17) is 33.7 Å². The number of anilines is 1. The summed E-state index contributed by atoms with van der Waals surface area (Å²) in [4.78, 5) is 3.85. The number of hydrogen-bond acceptors (Lipinski definition) is 3. The van der Waals surface area contributed by atoms with Crippen molar-refractivity contribution < 1.29 is 4.74 Å². The van der Waals surface area contributed by atoms with Gasteiger partial charge in [-0.25, -0.2) is 4.98 Å². The second kappa shape index (κ2) is 4.60. The van der Waals surface area contributed by atoms with Crippen LogP contribution in [0.1, 0.15) is 0 Å². The SMILES string of the molecule is Nc1ccc(Oc2ccnc(Cl)c2)c(Cl)c1. The molecule has 0 saturated carbocycles. The van der Waals surface area contributed by atoms with E-state index < -0.39 is 0 Å². The normalized spacial score (nSPS) is 10.1. The second-order valence-electron chi connectivity index (χ2n) is 3.11. The molecule has 82 valence electrons. The van der Waals surface area contributed by atoms with Crippen molar-refractivity contribution in [1.82, 2.24) is 4.98 Å². The van der Waals surface area contributed by atoms with Gasteiger partial charge in [-0.1, -0.05) is 23.2 Å². The van der Waals surface area contributed by atoms with Crippen molar-refractivity contribution in [3.05, 3.63) is 46.7 Å². The first-order valence-electron chi connectivity index (χ1n) is 4.49.